The van der Waals surface area contributed by atoms with Crippen molar-refractivity contribution in [3.8, 4) is 0 Å². The standard InChI is InChI=1S/C17H24N2O3/c1-13-6-7-15(14(2)12-13)18-8-10-19(11-9-18)16(20)4-3-5-17(21)22/h6-7,12H,3-5,8-11H2,1-2H3,(H,21,22). The Labute approximate surface area is 131 Å². The quantitative estimate of drug-likeness (QED) is 0.906. The van der Waals surface area contributed by atoms with Gasteiger partial charge in [-0.25, -0.2) is 0 Å². The number of carbonyl (C=O) groups is 2. The predicted molar refractivity (Wildman–Crippen MR) is 86.2 cm³/mol. The molecule has 5 nitrogen and oxygen atoms in total. The molecule has 0 saturated carbocycles. The van der Waals surface area contributed by atoms with Crippen LogP contribution in [0.25, 0.3) is 0 Å². The number of hydrogen-bond acceptors (Lipinski definition) is 3. The third-order valence-electron chi connectivity index (χ3n) is 4.11. The van der Waals surface area contributed by atoms with Crippen molar-refractivity contribution in [3.63, 3.8) is 0 Å². The highest BCUT2D eigenvalue weighted by molar-refractivity contribution is 5.77. The van der Waals surface area contributed by atoms with Crippen LogP contribution in [0.5, 0.6) is 0 Å². The van der Waals surface area contributed by atoms with E-state index in [-0.39, 0.29) is 12.3 Å². The van der Waals surface area contributed by atoms with Crippen molar-refractivity contribution in [1.29, 1.82) is 0 Å². The van der Waals surface area contributed by atoms with E-state index in [0.717, 1.165) is 13.1 Å². The van der Waals surface area contributed by atoms with Crippen LogP contribution in [0.2, 0.25) is 0 Å². The van der Waals surface area contributed by atoms with Crippen LogP contribution in [0.3, 0.4) is 0 Å². The molecule has 1 aromatic carbocycles. The Morgan fingerprint density at radius 1 is 1.09 bits per heavy atom. The Kier molecular flexibility index (Phi) is 5.41. The van der Waals surface area contributed by atoms with E-state index in [1.165, 1.54) is 16.8 Å². The van der Waals surface area contributed by atoms with Crippen molar-refractivity contribution < 1.29 is 14.7 Å². The second-order valence-electron chi connectivity index (χ2n) is 5.91. The third-order valence-corrected chi connectivity index (χ3v) is 4.11. The number of aliphatic carboxylic acids is 1. The van der Waals surface area contributed by atoms with Gasteiger partial charge in [-0.15, -0.1) is 0 Å². The topological polar surface area (TPSA) is 60.9 Å². The first-order chi connectivity index (χ1) is 10.5. The number of hydrogen-bond donors (Lipinski definition) is 1. The van der Waals surface area contributed by atoms with Crippen molar-refractivity contribution in [1.82, 2.24) is 4.90 Å². The van der Waals surface area contributed by atoms with Gasteiger partial charge in [-0.05, 0) is 31.9 Å². The number of aryl methyl sites for hydroxylation is 2. The molecule has 1 heterocycles. The molecule has 0 unspecified atom stereocenters. The molecular formula is C17H24N2O3. The van der Waals surface area contributed by atoms with Crippen LogP contribution < -0.4 is 4.90 Å². The number of carboxylic acid groups (broad SMARTS) is 1. The molecule has 0 atom stereocenters. The molecule has 1 amide bonds. The minimum Gasteiger partial charge on any atom is -0.481 e. The molecule has 0 radical (unpaired) electrons. The van der Waals surface area contributed by atoms with E-state index in [4.69, 9.17) is 5.11 Å². The van der Waals surface area contributed by atoms with Gasteiger partial charge in [-0.1, -0.05) is 17.7 Å². The average Bonchev–Trinajstić information content (AvgIpc) is 2.47. The molecule has 1 N–H and O–H groups in total. The molecule has 120 valence electrons. The molecule has 5 heteroatoms. The fraction of sp³-hybridized carbons (Fsp3) is 0.529. The van der Waals surface area contributed by atoms with E-state index in [1.807, 2.05) is 4.90 Å². The monoisotopic (exact) mass is 304 g/mol. The summed E-state index contributed by atoms with van der Waals surface area (Å²) in [7, 11) is 0. The van der Waals surface area contributed by atoms with Crippen LogP contribution in [0, 0.1) is 13.8 Å². The fourth-order valence-corrected chi connectivity index (χ4v) is 2.91. The molecule has 1 aliphatic heterocycles. The number of benzene rings is 1. The minimum absolute atomic E-state index is 0.0638. The van der Waals surface area contributed by atoms with E-state index in [2.05, 4.69) is 36.9 Å². The van der Waals surface area contributed by atoms with Gasteiger partial charge < -0.3 is 14.9 Å². The van der Waals surface area contributed by atoms with Crippen molar-refractivity contribution in [2.45, 2.75) is 33.1 Å². The van der Waals surface area contributed by atoms with Gasteiger partial charge in [-0.3, -0.25) is 9.59 Å². The molecule has 1 fully saturated rings. The van der Waals surface area contributed by atoms with Gasteiger partial charge in [0.2, 0.25) is 5.91 Å². The van der Waals surface area contributed by atoms with Gasteiger partial charge in [0.05, 0.1) is 0 Å². The third kappa shape index (κ3) is 4.23. The van der Waals surface area contributed by atoms with Gasteiger partial charge in [0, 0.05) is 44.7 Å². The molecule has 0 aliphatic carbocycles. The molecule has 1 aliphatic rings. The van der Waals surface area contributed by atoms with Crippen LogP contribution in [-0.2, 0) is 9.59 Å². The first-order valence-corrected chi connectivity index (χ1v) is 7.79. The Morgan fingerprint density at radius 2 is 1.77 bits per heavy atom. The van der Waals surface area contributed by atoms with Crippen molar-refractivity contribution >= 4 is 17.6 Å². The number of anilines is 1. The van der Waals surface area contributed by atoms with Crippen molar-refractivity contribution in [2.75, 3.05) is 31.1 Å². The van der Waals surface area contributed by atoms with E-state index in [9.17, 15) is 9.59 Å². The zero-order chi connectivity index (χ0) is 16.1. The van der Waals surface area contributed by atoms with Crippen LogP contribution in [0.1, 0.15) is 30.4 Å². The molecule has 0 aromatic heterocycles. The lowest BCUT2D eigenvalue weighted by Crippen LogP contribution is -2.49. The van der Waals surface area contributed by atoms with E-state index >= 15 is 0 Å². The van der Waals surface area contributed by atoms with Gasteiger partial charge in [0.1, 0.15) is 0 Å². The van der Waals surface area contributed by atoms with Gasteiger partial charge in [0.15, 0.2) is 0 Å². The lowest BCUT2D eigenvalue weighted by molar-refractivity contribution is -0.137. The second kappa shape index (κ2) is 7.29. The maximum absolute atomic E-state index is 12.0. The maximum Gasteiger partial charge on any atom is 0.303 e. The highest BCUT2D eigenvalue weighted by atomic mass is 16.4. The van der Waals surface area contributed by atoms with Crippen molar-refractivity contribution in [3.05, 3.63) is 29.3 Å². The summed E-state index contributed by atoms with van der Waals surface area (Å²) in [5.74, 6) is -0.769. The maximum atomic E-state index is 12.0. The molecule has 2 rings (SSSR count). The van der Waals surface area contributed by atoms with Crippen LogP contribution in [-0.4, -0.2) is 48.1 Å². The highest BCUT2D eigenvalue weighted by Crippen LogP contribution is 2.22. The largest absolute Gasteiger partial charge is 0.481 e. The smallest absolute Gasteiger partial charge is 0.303 e. The fourth-order valence-electron chi connectivity index (χ4n) is 2.91. The highest BCUT2D eigenvalue weighted by Gasteiger charge is 2.21. The second-order valence-corrected chi connectivity index (χ2v) is 5.91. The number of piperazine rings is 1. The molecule has 1 saturated heterocycles. The molecular weight excluding hydrogens is 280 g/mol. The van der Waals surface area contributed by atoms with Crippen LogP contribution >= 0.6 is 0 Å². The number of carboxylic acids is 1. The van der Waals surface area contributed by atoms with E-state index in [1.54, 1.807) is 0 Å². The summed E-state index contributed by atoms with van der Waals surface area (Å²) in [5, 5.41) is 8.61. The molecule has 1 aromatic rings. The molecule has 0 spiro atoms. The van der Waals surface area contributed by atoms with Gasteiger partial charge in [0.25, 0.3) is 0 Å². The van der Waals surface area contributed by atoms with E-state index in [0.29, 0.717) is 25.9 Å². The Balaban J connectivity index is 1.84. The number of rotatable bonds is 5. The summed E-state index contributed by atoms with van der Waals surface area (Å²) >= 11 is 0. The number of carbonyl (C=O) groups excluding carboxylic acids is 1. The van der Waals surface area contributed by atoms with Gasteiger partial charge in [-0.2, -0.15) is 0 Å². The summed E-state index contributed by atoms with van der Waals surface area (Å²) in [5.41, 5.74) is 3.76. The average molecular weight is 304 g/mol. The van der Waals surface area contributed by atoms with Crippen molar-refractivity contribution in [2.24, 2.45) is 0 Å². The summed E-state index contributed by atoms with van der Waals surface area (Å²) in [6.45, 7) is 7.28. The lowest BCUT2D eigenvalue weighted by atomic mass is 10.1. The van der Waals surface area contributed by atoms with Gasteiger partial charge >= 0.3 is 5.97 Å². The van der Waals surface area contributed by atoms with Crippen LogP contribution in [0.4, 0.5) is 5.69 Å². The lowest BCUT2D eigenvalue weighted by Gasteiger charge is -2.37. The first-order valence-electron chi connectivity index (χ1n) is 7.79. The Hall–Kier alpha value is -2.04. The summed E-state index contributed by atoms with van der Waals surface area (Å²) in [4.78, 5) is 26.7. The predicted octanol–water partition coefficient (Wildman–Crippen LogP) is 2.21. The Bertz CT molecular complexity index is 549. The zero-order valence-electron chi connectivity index (χ0n) is 13.3. The first kappa shape index (κ1) is 16.3. The zero-order valence-corrected chi connectivity index (χ0v) is 13.3. The van der Waals surface area contributed by atoms with Crippen LogP contribution in [0.15, 0.2) is 18.2 Å². The molecule has 0 bridgehead atoms. The number of amides is 1. The number of nitrogens with zero attached hydrogens (tertiary/aromatic N) is 2. The SMILES string of the molecule is Cc1ccc(N2CCN(C(=O)CCCC(=O)O)CC2)c(C)c1. The normalized spacial score (nSPS) is 15.0. The summed E-state index contributed by atoms with van der Waals surface area (Å²) < 4.78 is 0. The van der Waals surface area contributed by atoms with E-state index < -0.39 is 5.97 Å². The Morgan fingerprint density at radius 3 is 2.36 bits per heavy atom. The summed E-state index contributed by atoms with van der Waals surface area (Å²) in [6, 6.07) is 6.44. The summed E-state index contributed by atoms with van der Waals surface area (Å²) in [6.07, 6.45) is 0.815. The minimum atomic E-state index is -0.840. The molecule has 22 heavy (non-hydrogen) atoms.